The Bertz CT molecular complexity index is 636. The van der Waals surface area contributed by atoms with Crippen molar-refractivity contribution in [2.45, 2.75) is 6.42 Å². The molecule has 2 aromatic rings. The van der Waals surface area contributed by atoms with E-state index in [0.29, 0.717) is 11.0 Å². The van der Waals surface area contributed by atoms with Crippen LogP contribution in [0, 0.1) is 0 Å². The van der Waals surface area contributed by atoms with E-state index < -0.39 is 11.9 Å². The summed E-state index contributed by atoms with van der Waals surface area (Å²) < 4.78 is 5.11. The largest absolute Gasteiger partial charge is 0.481 e. The van der Waals surface area contributed by atoms with Crippen molar-refractivity contribution in [1.29, 1.82) is 0 Å². The van der Waals surface area contributed by atoms with Crippen LogP contribution in [0.5, 0.6) is 0 Å². The Morgan fingerprint density at radius 1 is 1.22 bits per heavy atom. The lowest BCUT2D eigenvalue weighted by Gasteiger charge is -1.92. The van der Waals surface area contributed by atoms with Gasteiger partial charge in [0, 0.05) is 5.39 Å². The van der Waals surface area contributed by atoms with Gasteiger partial charge in [-0.05, 0) is 23.8 Å². The summed E-state index contributed by atoms with van der Waals surface area (Å²) in [7, 11) is 0. The first-order chi connectivity index (χ1) is 8.56. The van der Waals surface area contributed by atoms with Crippen LogP contribution >= 0.6 is 0 Å². The number of carboxylic acid groups (broad SMARTS) is 2. The Morgan fingerprint density at radius 2 is 2.00 bits per heavy atom. The van der Waals surface area contributed by atoms with E-state index in [4.69, 9.17) is 14.6 Å². The molecule has 0 bridgehead atoms. The van der Waals surface area contributed by atoms with Crippen LogP contribution in [0.4, 0.5) is 0 Å². The van der Waals surface area contributed by atoms with Gasteiger partial charge in [-0.2, -0.15) is 0 Å². The number of furan rings is 1. The van der Waals surface area contributed by atoms with Crippen molar-refractivity contribution in [2.24, 2.45) is 0 Å². The van der Waals surface area contributed by atoms with E-state index in [-0.39, 0.29) is 12.2 Å². The molecule has 1 aromatic carbocycles. The van der Waals surface area contributed by atoms with Gasteiger partial charge in [0.25, 0.3) is 0 Å². The second-order valence-electron chi connectivity index (χ2n) is 3.71. The molecule has 0 spiro atoms. The predicted octanol–water partition coefficient (Wildman–Crippen LogP) is 2.62. The summed E-state index contributed by atoms with van der Waals surface area (Å²) in [5.41, 5.74) is 1.28. The molecule has 92 valence electrons. The van der Waals surface area contributed by atoms with Gasteiger partial charge in [0.15, 0.2) is 0 Å². The summed E-state index contributed by atoms with van der Waals surface area (Å²) >= 11 is 0. The highest BCUT2D eigenvalue weighted by Gasteiger charge is 2.09. The molecule has 0 aliphatic carbocycles. The molecule has 0 amide bonds. The van der Waals surface area contributed by atoms with E-state index in [9.17, 15) is 9.59 Å². The van der Waals surface area contributed by atoms with Crippen molar-refractivity contribution in [3.8, 4) is 0 Å². The second kappa shape index (κ2) is 4.75. The maximum absolute atomic E-state index is 10.7. The zero-order valence-corrected chi connectivity index (χ0v) is 9.29. The topological polar surface area (TPSA) is 87.7 Å². The third kappa shape index (κ3) is 2.57. The smallest absolute Gasteiger partial charge is 0.371 e. The van der Waals surface area contributed by atoms with Crippen LogP contribution in [0.2, 0.25) is 0 Å². The number of hydrogen-bond acceptors (Lipinski definition) is 3. The summed E-state index contributed by atoms with van der Waals surface area (Å²) in [6.07, 6.45) is 3.15. The molecule has 2 N–H and O–H groups in total. The zero-order chi connectivity index (χ0) is 13.1. The number of hydrogen-bond donors (Lipinski definition) is 2. The minimum Gasteiger partial charge on any atom is -0.481 e. The Hall–Kier alpha value is -2.56. The standard InChI is InChI=1S/C13H10O5/c14-12(15)3-1-2-8-4-5-10-9(6-8)7-11(18-10)13(16)17/h1-2,4-7H,3H2,(H,14,15)(H,16,17). The van der Waals surface area contributed by atoms with Crippen molar-refractivity contribution < 1.29 is 24.2 Å². The normalized spacial score (nSPS) is 11.1. The van der Waals surface area contributed by atoms with Crippen LogP contribution in [-0.2, 0) is 4.79 Å². The van der Waals surface area contributed by atoms with Crippen LogP contribution in [0.25, 0.3) is 17.0 Å². The predicted molar refractivity (Wildman–Crippen MR) is 64.5 cm³/mol. The molecule has 5 nitrogen and oxygen atoms in total. The van der Waals surface area contributed by atoms with Gasteiger partial charge < -0.3 is 14.6 Å². The lowest BCUT2D eigenvalue weighted by molar-refractivity contribution is -0.135. The average molecular weight is 246 g/mol. The lowest BCUT2D eigenvalue weighted by atomic mass is 10.1. The number of aliphatic carboxylic acids is 1. The van der Waals surface area contributed by atoms with Gasteiger partial charge in [-0.15, -0.1) is 0 Å². The highest BCUT2D eigenvalue weighted by molar-refractivity contribution is 5.92. The minimum absolute atomic E-state index is 0.0518. The van der Waals surface area contributed by atoms with Crippen LogP contribution in [0.1, 0.15) is 22.5 Å². The maximum atomic E-state index is 10.7. The molecule has 0 saturated heterocycles. The average Bonchev–Trinajstić information content (AvgIpc) is 2.71. The number of carbonyl (C=O) groups is 2. The van der Waals surface area contributed by atoms with E-state index in [2.05, 4.69) is 0 Å². The molecule has 0 saturated carbocycles. The molecule has 0 unspecified atom stereocenters. The quantitative estimate of drug-likeness (QED) is 0.865. The van der Waals surface area contributed by atoms with E-state index in [1.807, 2.05) is 0 Å². The van der Waals surface area contributed by atoms with Crippen molar-refractivity contribution in [2.75, 3.05) is 0 Å². The Morgan fingerprint density at radius 3 is 2.67 bits per heavy atom. The number of benzene rings is 1. The molecule has 18 heavy (non-hydrogen) atoms. The first-order valence-corrected chi connectivity index (χ1v) is 5.21. The SMILES string of the molecule is O=C(O)CC=Cc1ccc2oc(C(=O)O)cc2c1. The fourth-order valence-electron chi connectivity index (χ4n) is 1.57. The second-order valence-corrected chi connectivity index (χ2v) is 3.71. The highest BCUT2D eigenvalue weighted by atomic mass is 16.4. The summed E-state index contributed by atoms with van der Waals surface area (Å²) in [6, 6.07) is 6.56. The fourth-order valence-corrected chi connectivity index (χ4v) is 1.57. The molecule has 1 heterocycles. The highest BCUT2D eigenvalue weighted by Crippen LogP contribution is 2.21. The molecule has 1 aromatic heterocycles. The minimum atomic E-state index is -1.12. The molecular weight excluding hydrogens is 236 g/mol. The van der Waals surface area contributed by atoms with E-state index >= 15 is 0 Å². The number of aromatic carboxylic acids is 1. The monoisotopic (exact) mass is 246 g/mol. The number of carboxylic acids is 2. The van der Waals surface area contributed by atoms with E-state index in [0.717, 1.165) is 5.56 Å². The van der Waals surface area contributed by atoms with Crippen LogP contribution in [0.3, 0.4) is 0 Å². The van der Waals surface area contributed by atoms with Crippen molar-refractivity contribution >= 4 is 29.0 Å². The lowest BCUT2D eigenvalue weighted by Crippen LogP contribution is -1.91. The summed E-state index contributed by atoms with van der Waals surface area (Å²) in [5.74, 6) is -2.13. The Labute approximate surface area is 102 Å². The molecular formula is C13H10O5. The van der Waals surface area contributed by atoms with Crippen molar-refractivity contribution in [3.05, 3.63) is 41.7 Å². The third-order valence-corrected chi connectivity index (χ3v) is 2.35. The Balaban J connectivity index is 2.29. The molecule has 0 radical (unpaired) electrons. The van der Waals surface area contributed by atoms with E-state index in [1.165, 1.54) is 12.1 Å². The molecule has 0 fully saturated rings. The summed E-state index contributed by atoms with van der Waals surface area (Å²) in [4.78, 5) is 21.1. The van der Waals surface area contributed by atoms with Crippen LogP contribution < -0.4 is 0 Å². The van der Waals surface area contributed by atoms with Crippen LogP contribution in [0.15, 0.2) is 34.8 Å². The van der Waals surface area contributed by atoms with Crippen LogP contribution in [-0.4, -0.2) is 22.2 Å². The van der Waals surface area contributed by atoms with Gasteiger partial charge in [-0.1, -0.05) is 18.2 Å². The Kier molecular flexibility index (Phi) is 3.14. The molecule has 0 atom stereocenters. The first-order valence-electron chi connectivity index (χ1n) is 5.21. The maximum Gasteiger partial charge on any atom is 0.371 e. The van der Waals surface area contributed by atoms with Gasteiger partial charge in [-0.3, -0.25) is 4.79 Å². The fraction of sp³-hybridized carbons (Fsp3) is 0.0769. The number of fused-ring (bicyclic) bond motifs is 1. The van der Waals surface area contributed by atoms with Gasteiger partial charge in [-0.25, -0.2) is 4.79 Å². The third-order valence-electron chi connectivity index (χ3n) is 2.35. The molecule has 0 aliphatic heterocycles. The van der Waals surface area contributed by atoms with Gasteiger partial charge in [0.05, 0.1) is 6.42 Å². The first kappa shape index (κ1) is 11.9. The molecule has 2 rings (SSSR count). The molecule has 0 aliphatic rings. The summed E-state index contributed by atoms with van der Waals surface area (Å²) in [5, 5.41) is 18.0. The van der Waals surface area contributed by atoms with Gasteiger partial charge >= 0.3 is 11.9 Å². The van der Waals surface area contributed by atoms with Gasteiger partial charge in [0.1, 0.15) is 5.58 Å². The molecule has 5 heteroatoms. The zero-order valence-electron chi connectivity index (χ0n) is 9.29. The van der Waals surface area contributed by atoms with Crippen molar-refractivity contribution in [1.82, 2.24) is 0 Å². The van der Waals surface area contributed by atoms with Gasteiger partial charge in [0.2, 0.25) is 5.76 Å². The summed E-state index contributed by atoms with van der Waals surface area (Å²) in [6.45, 7) is 0. The van der Waals surface area contributed by atoms with E-state index in [1.54, 1.807) is 24.3 Å². The number of rotatable bonds is 4. The van der Waals surface area contributed by atoms with Crippen molar-refractivity contribution in [3.63, 3.8) is 0 Å².